The van der Waals surface area contributed by atoms with Gasteiger partial charge in [-0.15, -0.1) is 21.5 Å². The minimum Gasteiger partial charge on any atom is -0.343 e. The van der Waals surface area contributed by atoms with Gasteiger partial charge in [-0.25, -0.2) is 0 Å². The van der Waals surface area contributed by atoms with Crippen LogP contribution in [0, 0.1) is 20.8 Å². The standard InChI is InChI=1S/C25H30ClN5OS/c1-6-12-30(13-7-2)21(32)14-20-24-29-28-17(5)31(24)25-22(15(3)16(4)33-25)23(27-20)18-8-10-19(26)11-9-18/h8-11,20H,6-7,12-14H2,1-5H3. The molecule has 174 valence electrons. The molecule has 3 aromatic rings. The topological polar surface area (TPSA) is 63.4 Å². The Morgan fingerprint density at radius 2 is 1.76 bits per heavy atom. The Bertz CT molecular complexity index is 1190. The molecule has 1 unspecified atom stereocenters. The predicted octanol–water partition coefficient (Wildman–Crippen LogP) is 5.84. The van der Waals surface area contributed by atoms with E-state index in [0.29, 0.717) is 5.02 Å². The van der Waals surface area contributed by atoms with Gasteiger partial charge in [0.15, 0.2) is 5.82 Å². The highest BCUT2D eigenvalue weighted by Crippen LogP contribution is 2.39. The molecular formula is C25H30ClN5OS. The molecule has 0 radical (unpaired) electrons. The number of carbonyl (C=O) groups excluding carboxylic acids is 1. The average Bonchev–Trinajstić information content (AvgIpc) is 3.26. The Kier molecular flexibility index (Phi) is 7.00. The summed E-state index contributed by atoms with van der Waals surface area (Å²) in [6.07, 6.45) is 2.13. The number of rotatable bonds is 7. The second kappa shape index (κ2) is 9.77. The zero-order valence-corrected chi connectivity index (χ0v) is 21.4. The SMILES string of the molecule is CCCN(CCC)C(=O)CC1N=C(c2ccc(Cl)cc2)c2c(sc(C)c2C)-n2c(C)nnc21. The first kappa shape index (κ1) is 23.6. The Hall–Kier alpha value is -2.51. The summed E-state index contributed by atoms with van der Waals surface area (Å²) in [5.41, 5.74) is 4.13. The van der Waals surface area contributed by atoms with Crippen LogP contribution in [0.3, 0.4) is 0 Å². The fourth-order valence-electron chi connectivity index (χ4n) is 4.33. The lowest BCUT2D eigenvalue weighted by molar-refractivity contribution is -0.131. The summed E-state index contributed by atoms with van der Waals surface area (Å²) in [6, 6.07) is 7.34. The molecular weight excluding hydrogens is 454 g/mol. The first-order valence-corrected chi connectivity index (χ1v) is 12.7. The lowest BCUT2D eigenvalue weighted by Crippen LogP contribution is -2.33. The van der Waals surface area contributed by atoms with Gasteiger partial charge in [0.1, 0.15) is 16.9 Å². The van der Waals surface area contributed by atoms with E-state index in [1.807, 2.05) is 36.1 Å². The van der Waals surface area contributed by atoms with E-state index in [1.54, 1.807) is 11.3 Å². The van der Waals surface area contributed by atoms with Crippen molar-refractivity contribution in [3.8, 4) is 5.00 Å². The Morgan fingerprint density at radius 1 is 1.09 bits per heavy atom. The van der Waals surface area contributed by atoms with Crippen LogP contribution < -0.4 is 0 Å². The molecule has 1 aliphatic rings. The molecule has 0 bridgehead atoms. The Balaban J connectivity index is 1.87. The zero-order chi connectivity index (χ0) is 23.7. The van der Waals surface area contributed by atoms with Crippen LogP contribution in [0.5, 0.6) is 0 Å². The van der Waals surface area contributed by atoms with Gasteiger partial charge in [-0.2, -0.15) is 0 Å². The highest BCUT2D eigenvalue weighted by atomic mass is 35.5. The summed E-state index contributed by atoms with van der Waals surface area (Å²) >= 11 is 7.89. The largest absolute Gasteiger partial charge is 0.343 e. The average molecular weight is 484 g/mol. The number of nitrogens with zero attached hydrogens (tertiary/aromatic N) is 5. The first-order valence-electron chi connectivity index (χ1n) is 11.5. The van der Waals surface area contributed by atoms with Crippen LogP contribution in [-0.4, -0.2) is 44.4 Å². The van der Waals surface area contributed by atoms with Crippen molar-refractivity contribution in [1.82, 2.24) is 19.7 Å². The predicted molar refractivity (Wildman–Crippen MR) is 135 cm³/mol. The number of aryl methyl sites for hydroxylation is 2. The van der Waals surface area contributed by atoms with E-state index in [9.17, 15) is 4.79 Å². The van der Waals surface area contributed by atoms with E-state index >= 15 is 0 Å². The molecule has 1 aliphatic heterocycles. The molecule has 2 aromatic heterocycles. The number of fused-ring (bicyclic) bond motifs is 3. The number of aliphatic imine (C=N–C) groups is 1. The number of thiophene rings is 1. The number of carbonyl (C=O) groups is 1. The van der Waals surface area contributed by atoms with E-state index in [1.165, 1.54) is 10.4 Å². The van der Waals surface area contributed by atoms with Gasteiger partial charge in [0.2, 0.25) is 5.91 Å². The summed E-state index contributed by atoms with van der Waals surface area (Å²) in [5, 5.41) is 10.6. The second-order valence-electron chi connectivity index (χ2n) is 8.49. The highest BCUT2D eigenvalue weighted by Gasteiger charge is 2.33. The fraction of sp³-hybridized carbons (Fsp3) is 0.440. The minimum absolute atomic E-state index is 0.105. The van der Waals surface area contributed by atoms with Gasteiger partial charge in [0, 0.05) is 34.1 Å². The third-order valence-corrected chi connectivity index (χ3v) is 7.51. The lowest BCUT2D eigenvalue weighted by atomic mass is 9.99. The van der Waals surface area contributed by atoms with Crippen molar-refractivity contribution in [2.24, 2.45) is 4.99 Å². The maximum Gasteiger partial charge on any atom is 0.225 e. The third-order valence-electron chi connectivity index (χ3n) is 6.06. The Labute approximate surface area is 204 Å². The van der Waals surface area contributed by atoms with E-state index in [0.717, 1.165) is 59.4 Å². The molecule has 1 amide bonds. The molecule has 0 spiro atoms. The molecule has 0 aliphatic carbocycles. The quantitative estimate of drug-likeness (QED) is 0.424. The zero-order valence-electron chi connectivity index (χ0n) is 19.9. The molecule has 6 nitrogen and oxygen atoms in total. The van der Waals surface area contributed by atoms with E-state index < -0.39 is 6.04 Å². The van der Waals surface area contributed by atoms with Crippen molar-refractivity contribution < 1.29 is 4.79 Å². The number of hydrogen-bond acceptors (Lipinski definition) is 5. The second-order valence-corrected chi connectivity index (χ2v) is 10.1. The van der Waals surface area contributed by atoms with Crippen molar-refractivity contribution in [2.75, 3.05) is 13.1 Å². The fourth-order valence-corrected chi connectivity index (χ4v) is 5.67. The van der Waals surface area contributed by atoms with Crippen LogP contribution >= 0.6 is 22.9 Å². The third kappa shape index (κ3) is 4.49. The molecule has 1 atom stereocenters. The summed E-state index contributed by atoms with van der Waals surface area (Å²) in [5.74, 6) is 1.63. The van der Waals surface area contributed by atoms with Gasteiger partial charge in [-0.3, -0.25) is 14.4 Å². The Morgan fingerprint density at radius 3 is 2.39 bits per heavy atom. The molecule has 1 aromatic carbocycles. The van der Waals surface area contributed by atoms with Crippen LogP contribution in [0.2, 0.25) is 5.02 Å². The summed E-state index contributed by atoms with van der Waals surface area (Å²) in [6.45, 7) is 11.9. The molecule has 0 N–H and O–H groups in total. The molecule has 4 rings (SSSR count). The van der Waals surface area contributed by atoms with Crippen LogP contribution in [0.25, 0.3) is 5.00 Å². The number of amides is 1. The van der Waals surface area contributed by atoms with E-state index in [4.69, 9.17) is 16.6 Å². The van der Waals surface area contributed by atoms with Crippen molar-refractivity contribution in [3.63, 3.8) is 0 Å². The maximum absolute atomic E-state index is 13.3. The monoisotopic (exact) mass is 483 g/mol. The van der Waals surface area contributed by atoms with Crippen LogP contribution in [0.4, 0.5) is 0 Å². The van der Waals surface area contributed by atoms with Gasteiger partial charge in [-0.1, -0.05) is 37.6 Å². The van der Waals surface area contributed by atoms with Crippen molar-refractivity contribution in [3.05, 3.63) is 62.5 Å². The number of hydrogen-bond donors (Lipinski definition) is 0. The summed E-state index contributed by atoms with van der Waals surface area (Å²) in [4.78, 5) is 21.7. The van der Waals surface area contributed by atoms with Crippen LogP contribution in [-0.2, 0) is 4.79 Å². The van der Waals surface area contributed by atoms with Crippen molar-refractivity contribution in [1.29, 1.82) is 0 Å². The van der Waals surface area contributed by atoms with Gasteiger partial charge >= 0.3 is 0 Å². The van der Waals surface area contributed by atoms with Crippen molar-refractivity contribution in [2.45, 2.75) is 59.9 Å². The number of aromatic nitrogens is 3. The number of halogens is 1. The van der Waals surface area contributed by atoms with Gasteiger partial charge < -0.3 is 4.90 Å². The summed E-state index contributed by atoms with van der Waals surface area (Å²) in [7, 11) is 0. The minimum atomic E-state index is -0.417. The van der Waals surface area contributed by atoms with Gasteiger partial charge in [0.05, 0.1) is 12.1 Å². The molecule has 0 saturated heterocycles. The molecule has 3 heterocycles. The van der Waals surface area contributed by atoms with E-state index in [2.05, 4.69) is 42.5 Å². The lowest BCUT2D eigenvalue weighted by Gasteiger charge is -2.23. The van der Waals surface area contributed by atoms with Gasteiger partial charge in [-0.05, 0) is 51.3 Å². The van der Waals surface area contributed by atoms with Crippen LogP contribution in [0.1, 0.15) is 72.4 Å². The first-order chi connectivity index (χ1) is 15.8. The van der Waals surface area contributed by atoms with Crippen molar-refractivity contribution >= 4 is 34.6 Å². The van der Waals surface area contributed by atoms with Gasteiger partial charge in [0.25, 0.3) is 0 Å². The maximum atomic E-state index is 13.3. The molecule has 8 heteroatoms. The highest BCUT2D eigenvalue weighted by molar-refractivity contribution is 7.15. The van der Waals surface area contributed by atoms with Crippen LogP contribution in [0.15, 0.2) is 29.3 Å². The summed E-state index contributed by atoms with van der Waals surface area (Å²) < 4.78 is 2.09. The smallest absolute Gasteiger partial charge is 0.225 e. The normalized spacial score (nSPS) is 15.0. The number of benzene rings is 1. The van der Waals surface area contributed by atoms with E-state index in [-0.39, 0.29) is 12.3 Å². The molecule has 0 saturated carbocycles. The molecule has 33 heavy (non-hydrogen) atoms. The molecule has 0 fully saturated rings.